The summed E-state index contributed by atoms with van der Waals surface area (Å²) in [5.41, 5.74) is 0.276. The van der Waals surface area contributed by atoms with E-state index >= 15 is 0 Å². The lowest BCUT2D eigenvalue weighted by Crippen LogP contribution is -2.28. The van der Waals surface area contributed by atoms with Crippen LogP contribution < -0.4 is 15.6 Å². The van der Waals surface area contributed by atoms with Crippen LogP contribution in [0.25, 0.3) is 11.3 Å². The third-order valence-electron chi connectivity index (χ3n) is 4.06. The molecular weight excluding hydrogens is 408 g/mol. The molecule has 0 aliphatic heterocycles. The summed E-state index contributed by atoms with van der Waals surface area (Å²) in [5.74, 6) is 0.573. The van der Waals surface area contributed by atoms with E-state index in [4.69, 9.17) is 4.74 Å². The molecule has 29 heavy (non-hydrogen) atoms. The van der Waals surface area contributed by atoms with Crippen LogP contribution in [-0.4, -0.2) is 28.7 Å². The van der Waals surface area contributed by atoms with E-state index in [1.165, 1.54) is 0 Å². The lowest BCUT2D eigenvalue weighted by molar-refractivity contribution is -0.119. The highest BCUT2D eigenvalue weighted by atomic mass is 32.2. The third-order valence-corrected chi connectivity index (χ3v) is 5.99. The number of hydrogen-bond acceptors (Lipinski definition) is 7. The normalized spacial score (nSPS) is 11.5. The summed E-state index contributed by atoms with van der Waals surface area (Å²) in [7, 11) is 1.56. The molecule has 0 saturated heterocycles. The number of nitrogens with one attached hydrogen (secondary N) is 2. The molecule has 9 heteroatoms. The van der Waals surface area contributed by atoms with Gasteiger partial charge in [-0.2, -0.15) is 5.26 Å². The number of nitrogens with zero attached hydrogens (tertiary/aromatic N) is 2. The van der Waals surface area contributed by atoms with Crippen molar-refractivity contribution in [3.05, 3.63) is 62.6 Å². The Hall–Kier alpha value is -3.09. The molecule has 1 unspecified atom stereocenters. The molecule has 7 nitrogen and oxygen atoms in total. The van der Waals surface area contributed by atoms with Crippen molar-refractivity contribution in [3.63, 3.8) is 0 Å². The fourth-order valence-corrected chi connectivity index (χ4v) is 4.01. The van der Waals surface area contributed by atoms with Crippen molar-refractivity contribution in [1.29, 1.82) is 5.26 Å². The number of aromatic amines is 1. The lowest BCUT2D eigenvalue weighted by Gasteiger charge is -2.12. The predicted molar refractivity (Wildman–Crippen MR) is 113 cm³/mol. The van der Waals surface area contributed by atoms with Crippen molar-refractivity contribution in [2.75, 3.05) is 12.9 Å². The second-order valence-corrected chi connectivity index (χ2v) is 7.97. The zero-order valence-electron chi connectivity index (χ0n) is 15.8. The van der Waals surface area contributed by atoms with Crippen LogP contribution in [0.15, 0.2) is 51.7 Å². The summed E-state index contributed by atoms with van der Waals surface area (Å²) in [6, 6.07) is 12.6. The summed E-state index contributed by atoms with van der Waals surface area (Å²) in [6.45, 7) is 1.91. The Balaban J connectivity index is 1.76. The smallest absolute Gasteiger partial charge is 0.270 e. The monoisotopic (exact) mass is 426 g/mol. The van der Waals surface area contributed by atoms with E-state index in [9.17, 15) is 14.9 Å². The van der Waals surface area contributed by atoms with Gasteiger partial charge in [-0.3, -0.25) is 9.59 Å². The number of thiophene rings is 1. The van der Waals surface area contributed by atoms with Gasteiger partial charge in [0, 0.05) is 10.4 Å². The molecule has 1 aromatic carbocycles. The molecule has 0 radical (unpaired) electrons. The number of ether oxygens (including phenoxy) is 1. The molecule has 2 heterocycles. The molecule has 1 atom stereocenters. The van der Waals surface area contributed by atoms with Crippen molar-refractivity contribution in [2.24, 2.45) is 0 Å². The van der Waals surface area contributed by atoms with Crippen LogP contribution in [0, 0.1) is 11.3 Å². The number of thioether (sulfide) groups is 1. The quantitative estimate of drug-likeness (QED) is 0.443. The number of benzene rings is 1. The highest BCUT2D eigenvalue weighted by Gasteiger charge is 2.16. The molecule has 1 amide bonds. The minimum Gasteiger partial charge on any atom is -0.497 e. The highest BCUT2D eigenvalue weighted by Crippen LogP contribution is 2.24. The zero-order chi connectivity index (χ0) is 20.8. The van der Waals surface area contributed by atoms with Crippen molar-refractivity contribution in [3.8, 4) is 23.1 Å². The van der Waals surface area contributed by atoms with E-state index in [0.29, 0.717) is 11.3 Å². The van der Waals surface area contributed by atoms with Crippen LogP contribution in [0.3, 0.4) is 0 Å². The minimum absolute atomic E-state index is 0.0738. The van der Waals surface area contributed by atoms with E-state index < -0.39 is 5.56 Å². The predicted octanol–water partition coefficient (Wildman–Crippen LogP) is 3.35. The van der Waals surface area contributed by atoms with Crippen LogP contribution in [-0.2, 0) is 4.79 Å². The number of H-pyrrole nitrogens is 1. The number of carbonyl (C=O) groups is 1. The Kier molecular flexibility index (Phi) is 6.69. The van der Waals surface area contributed by atoms with E-state index in [1.807, 2.05) is 30.5 Å². The number of hydrogen-bond donors (Lipinski definition) is 2. The second kappa shape index (κ2) is 9.41. The maximum atomic E-state index is 12.3. The van der Waals surface area contributed by atoms with Crippen molar-refractivity contribution in [1.82, 2.24) is 15.3 Å². The summed E-state index contributed by atoms with van der Waals surface area (Å²) >= 11 is 2.68. The van der Waals surface area contributed by atoms with Crippen LogP contribution >= 0.6 is 23.1 Å². The first-order valence-corrected chi connectivity index (χ1v) is 10.5. The average molecular weight is 427 g/mol. The first-order valence-electron chi connectivity index (χ1n) is 8.66. The number of amides is 1. The molecular formula is C20H18N4O3S2. The number of aromatic nitrogens is 2. The third kappa shape index (κ3) is 5.04. The molecule has 148 valence electrons. The van der Waals surface area contributed by atoms with Gasteiger partial charge in [0.2, 0.25) is 5.91 Å². The Labute approximate surface area is 175 Å². The molecule has 0 aliphatic carbocycles. The fourth-order valence-electron chi connectivity index (χ4n) is 2.61. The average Bonchev–Trinajstić information content (AvgIpc) is 3.27. The summed E-state index contributed by atoms with van der Waals surface area (Å²) in [6.07, 6.45) is 0. The van der Waals surface area contributed by atoms with Gasteiger partial charge in [-0.05, 0) is 42.6 Å². The fraction of sp³-hybridized carbons (Fsp3) is 0.200. The number of nitriles is 1. The van der Waals surface area contributed by atoms with Gasteiger partial charge >= 0.3 is 0 Å². The Morgan fingerprint density at radius 2 is 2.14 bits per heavy atom. The SMILES string of the molecule is COc1ccc(-c2nc(SCC(=O)NC(C)c3cccs3)[nH]c(=O)c2C#N)cc1. The van der Waals surface area contributed by atoms with E-state index in [-0.39, 0.29) is 34.1 Å². The largest absolute Gasteiger partial charge is 0.497 e. The van der Waals surface area contributed by atoms with E-state index in [2.05, 4.69) is 15.3 Å². The molecule has 0 fully saturated rings. The number of rotatable bonds is 7. The molecule has 0 bridgehead atoms. The molecule has 2 aromatic heterocycles. The van der Waals surface area contributed by atoms with Gasteiger partial charge in [0.25, 0.3) is 5.56 Å². The van der Waals surface area contributed by atoms with Gasteiger partial charge in [-0.15, -0.1) is 11.3 Å². The molecule has 0 aliphatic rings. The van der Waals surface area contributed by atoms with Crippen LogP contribution in [0.2, 0.25) is 0 Å². The lowest BCUT2D eigenvalue weighted by atomic mass is 10.1. The van der Waals surface area contributed by atoms with Gasteiger partial charge in [0.05, 0.1) is 24.6 Å². The standard InChI is InChI=1S/C20H18N4O3S2/c1-12(16-4-3-9-28-16)22-17(25)11-29-20-23-18(15(10-21)19(26)24-20)13-5-7-14(27-2)8-6-13/h3-9,12H,11H2,1-2H3,(H,22,25)(H,23,24,26). The molecule has 2 N–H and O–H groups in total. The Morgan fingerprint density at radius 1 is 1.38 bits per heavy atom. The summed E-state index contributed by atoms with van der Waals surface area (Å²) < 4.78 is 5.13. The Morgan fingerprint density at radius 3 is 2.76 bits per heavy atom. The zero-order valence-corrected chi connectivity index (χ0v) is 17.4. The molecule has 3 aromatic rings. The van der Waals surface area contributed by atoms with Gasteiger partial charge in [0.15, 0.2) is 5.16 Å². The maximum absolute atomic E-state index is 12.3. The molecule has 0 saturated carbocycles. The van der Waals surface area contributed by atoms with E-state index in [0.717, 1.165) is 16.6 Å². The summed E-state index contributed by atoms with van der Waals surface area (Å²) in [4.78, 5) is 32.6. The van der Waals surface area contributed by atoms with Crippen molar-refractivity contribution >= 4 is 29.0 Å². The second-order valence-electron chi connectivity index (χ2n) is 6.03. The van der Waals surface area contributed by atoms with E-state index in [1.54, 1.807) is 42.7 Å². The van der Waals surface area contributed by atoms with Crippen LogP contribution in [0.1, 0.15) is 23.4 Å². The van der Waals surface area contributed by atoms with Crippen molar-refractivity contribution in [2.45, 2.75) is 18.1 Å². The molecule has 0 spiro atoms. The highest BCUT2D eigenvalue weighted by molar-refractivity contribution is 7.99. The van der Waals surface area contributed by atoms with Gasteiger partial charge < -0.3 is 15.0 Å². The van der Waals surface area contributed by atoms with Crippen LogP contribution in [0.5, 0.6) is 5.75 Å². The van der Waals surface area contributed by atoms with Gasteiger partial charge in [-0.1, -0.05) is 17.8 Å². The molecule has 3 rings (SSSR count). The maximum Gasteiger partial charge on any atom is 0.270 e. The minimum atomic E-state index is -0.539. The first-order chi connectivity index (χ1) is 14.0. The Bertz CT molecular complexity index is 1090. The topological polar surface area (TPSA) is 108 Å². The number of methoxy groups -OCH3 is 1. The summed E-state index contributed by atoms with van der Waals surface area (Å²) in [5, 5.41) is 14.5. The number of carbonyl (C=O) groups excluding carboxylic acids is 1. The van der Waals surface area contributed by atoms with Gasteiger partial charge in [0.1, 0.15) is 17.4 Å². The van der Waals surface area contributed by atoms with Crippen LogP contribution in [0.4, 0.5) is 0 Å². The van der Waals surface area contributed by atoms with Crippen molar-refractivity contribution < 1.29 is 9.53 Å². The first kappa shape index (κ1) is 20.6. The van der Waals surface area contributed by atoms with Gasteiger partial charge in [-0.25, -0.2) is 4.98 Å².